The first kappa shape index (κ1) is 15.0. The Hall–Kier alpha value is -3.27. The number of carbonyl (C=O) groups is 2. The molecule has 0 fully saturated rings. The molecule has 0 N–H and O–H groups in total. The molecule has 0 spiro atoms. The summed E-state index contributed by atoms with van der Waals surface area (Å²) < 4.78 is 1.99. The van der Waals surface area contributed by atoms with Gasteiger partial charge in [0.05, 0.1) is 16.6 Å². The average Bonchev–Trinajstić information content (AvgIpc) is 3.01. The first-order valence-electron chi connectivity index (χ1n) is 8.69. The number of aromatic nitrogens is 2. The summed E-state index contributed by atoms with van der Waals surface area (Å²) in [6, 6.07) is 15.3. The number of carbonyl (C=O) groups excluding carboxylic acids is 2. The van der Waals surface area contributed by atoms with Crippen molar-refractivity contribution in [1.82, 2.24) is 9.55 Å². The van der Waals surface area contributed by atoms with Gasteiger partial charge in [-0.1, -0.05) is 36.4 Å². The maximum atomic E-state index is 13.6. The highest BCUT2D eigenvalue weighted by molar-refractivity contribution is 6.34. The van der Waals surface area contributed by atoms with Crippen LogP contribution in [-0.4, -0.2) is 21.1 Å². The molecule has 4 heteroatoms. The number of fused-ring (bicyclic) bond motifs is 6. The van der Waals surface area contributed by atoms with Gasteiger partial charge in [0, 0.05) is 34.1 Å². The third-order valence-corrected chi connectivity index (χ3v) is 5.12. The van der Waals surface area contributed by atoms with Gasteiger partial charge in [-0.15, -0.1) is 0 Å². The summed E-state index contributed by atoms with van der Waals surface area (Å²) in [5.41, 5.74) is 3.51. The van der Waals surface area contributed by atoms with Crippen LogP contribution in [0.1, 0.15) is 51.9 Å². The highest BCUT2D eigenvalue weighted by Gasteiger charge is 2.37. The van der Waals surface area contributed by atoms with E-state index in [1.165, 1.54) is 0 Å². The van der Waals surface area contributed by atoms with Crippen LogP contribution in [0.25, 0.3) is 21.8 Å². The molecule has 0 aliphatic heterocycles. The van der Waals surface area contributed by atoms with Crippen LogP contribution in [0.4, 0.5) is 0 Å². The highest BCUT2D eigenvalue weighted by atomic mass is 16.1. The number of pyridine rings is 1. The zero-order valence-corrected chi connectivity index (χ0v) is 14.5. The van der Waals surface area contributed by atoms with Gasteiger partial charge in [-0.2, -0.15) is 0 Å². The zero-order valence-electron chi connectivity index (χ0n) is 14.5. The topological polar surface area (TPSA) is 52.0 Å². The monoisotopic (exact) mass is 340 g/mol. The Morgan fingerprint density at radius 1 is 0.846 bits per heavy atom. The molecule has 1 aliphatic carbocycles. The van der Waals surface area contributed by atoms with Crippen molar-refractivity contribution in [3.05, 3.63) is 77.1 Å². The Kier molecular flexibility index (Phi) is 2.95. The third kappa shape index (κ3) is 1.76. The number of para-hydroxylation sites is 2. The quantitative estimate of drug-likeness (QED) is 0.450. The number of nitrogens with zero attached hydrogens (tertiary/aromatic N) is 2. The van der Waals surface area contributed by atoms with Crippen molar-refractivity contribution in [3.63, 3.8) is 0 Å². The molecule has 0 unspecified atom stereocenters. The van der Waals surface area contributed by atoms with Gasteiger partial charge in [-0.25, -0.2) is 0 Å². The number of hydrogen-bond donors (Lipinski definition) is 0. The van der Waals surface area contributed by atoms with E-state index in [2.05, 4.69) is 4.98 Å². The lowest BCUT2D eigenvalue weighted by atomic mass is 9.85. The van der Waals surface area contributed by atoms with E-state index in [-0.39, 0.29) is 17.6 Å². The Balaban J connectivity index is 1.96. The van der Waals surface area contributed by atoms with Gasteiger partial charge in [0.2, 0.25) is 5.78 Å². The molecule has 2 heterocycles. The minimum absolute atomic E-state index is 0.0649. The van der Waals surface area contributed by atoms with Crippen molar-refractivity contribution in [2.24, 2.45) is 0 Å². The molecule has 4 aromatic rings. The van der Waals surface area contributed by atoms with Gasteiger partial charge in [0.1, 0.15) is 5.69 Å². The molecule has 126 valence electrons. The predicted octanol–water partition coefficient (Wildman–Crippen LogP) is 4.55. The molecule has 26 heavy (non-hydrogen) atoms. The lowest BCUT2D eigenvalue weighted by Crippen LogP contribution is -2.24. The van der Waals surface area contributed by atoms with Crippen molar-refractivity contribution in [2.75, 3.05) is 0 Å². The van der Waals surface area contributed by atoms with Gasteiger partial charge in [0.25, 0.3) is 0 Å². The second-order valence-corrected chi connectivity index (χ2v) is 6.93. The normalized spacial score (nSPS) is 13.5. The molecule has 0 saturated carbocycles. The summed E-state index contributed by atoms with van der Waals surface area (Å²) in [6.07, 6.45) is 1.54. The first-order chi connectivity index (χ1) is 12.6. The molecule has 1 aliphatic rings. The van der Waals surface area contributed by atoms with Crippen LogP contribution in [0, 0.1) is 0 Å². The fraction of sp³-hybridized carbons (Fsp3) is 0.136. The summed E-state index contributed by atoms with van der Waals surface area (Å²) in [4.78, 5) is 31.3. The Bertz CT molecular complexity index is 1250. The lowest BCUT2D eigenvalue weighted by Gasteiger charge is -2.20. The van der Waals surface area contributed by atoms with E-state index in [9.17, 15) is 9.59 Å². The predicted molar refractivity (Wildman–Crippen MR) is 101 cm³/mol. The van der Waals surface area contributed by atoms with Crippen LogP contribution < -0.4 is 0 Å². The summed E-state index contributed by atoms with van der Waals surface area (Å²) in [7, 11) is 0. The number of rotatable bonds is 1. The molecular formula is C22H16N2O2. The SMILES string of the molecule is CC(C)n1c2c(c3ccccc31)C(=O)c1cnc3ccccc3c1C2=O. The number of benzene rings is 2. The maximum Gasteiger partial charge on any atom is 0.211 e. The summed E-state index contributed by atoms with van der Waals surface area (Å²) in [6.45, 7) is 4.06. The van der Waals surface area contributed by atoms with Crippen molar-refractivity contribution < 1.29 is 9.59 Å². The minimum atomic E-state index is -0.122. The second kappa shape index (κ2) is 5.11. The zero-order chi connectivity index (χ0) is 18.0. The maximum absolute atomic E-state index is 13.6. The van der Waals surface area contributed by atoms with E-state index in [0.717, 1.165) is 21.8 Å². The van der Waals surface area contributed by atoms with Crippen molar-refractivity contribution >= 4 is 33.4 Å². The van der Waals surface area contributed by atoms with Crippen LogP contribution in [0.15, 0.2) is 54.7 Å². The van der Waals surface area contributed by atoms with Crippen molar-refractivity contribution in [2.45, 2.75) is 19.9 Å². The van der Waals surface area contributed by atoms with Crippen LogP contribution in [0.2, 0.25) is 0 Å². The smallest absolute Gasteiger partial charge is 0.211 e. The molecule has 0 radical (unpaired) electrons. The summed E-state index contributed by atoms with van der Waals surface area (Å²) >= 11 is 0. The van der Waals surface area contributed by atoms with Gasteiger partial charge in [-0.05, 0) is 26.0 Å². The molecule has 0 bridgehead atoms. The molecule has 4 nitrogen and oxygen atoms in total. The fourth-order valence-corrected chi connectivity index (χ4v) is 4.06. The van der Waals surface area contributed by atoms with E-state index in [0.29, 0.717) is 22.4 Å². The van der Waals surface area contributed by atoms with E-state index in [4.69, 9.17) is 0 Å². The highest BCUT2D eigenvalue weighted by Crippen LogP contribution is 2.38. The molecular weight excluding hydrogens is 324 g/mol. The molecule has 0 saturated heterocycles. The summed E-state index contributed by atoms with van der Waals surface area (Å²) in [5.74, 6) is -0.221. The Morgan fingerprint density at radius 2 is 1.54 bits per heavy atom. The second-order valence-electron chi connectivity index (χ2n) is 6.93. The van der Waals surface area contributed by atoms with E-state index >= 15 is 0 Å². The van der Waals surface area contributed by atoms with E-state index in [1.807, 2.05) is 66.9 Å². The van der Waals surface area contributed by atoms with Crippen molar-refractivity contribution in [1.29, 1.82) is 0 Å². The molecule has 2 aromatic heterocycles. The Morgan fingerprint density at radius 3 is 2.31 bits per heavy atom. The molecule has 0 amide bonds. The third-order valence-electron chi connectivity index (χ3n) is 5.12. The Labute approximate surface area is 150 Å². The number of hydrogen-bond acceptors (Lipinski definition) is 3. The largest absolute Gasteiger partial charge is 0.335 e. The van der Waals surface area contributed by atoms with Gasteiger partial charge in [-0.3, -0.25) is 14.6 Å². The minimum Gasteiger partial charge on any atom is -0.335 e. The molecule has 5 rings (SSSR count). The standard InChI is InChI=1S/C22H16N2O2/c1-12(2)24-17-10-6-4-8-14(17)19-20(24)22(26)18-13-7-3-5-9-16(13)23-11-15(18)21(19)25/h3-12H,1-2H3. The van der Waals surface area contributed by atoms with Gasteiger partial charge < -0.3 is 4.57 Å². The van der Waals surface area contributed by atoms with Crippen LogP contribution in [0.3, 0.4) is 0 Å². The van der Waals surface area contributed by atoms with Crippen LogP contribution in [-0.2, 0) is 0 Å². The van der Waals surface area contributed by atoms with E-state index < -0.39 is 0 Å². The lowest BCUT2D eigenvalue weighted by molar-refractivity contribution is 0.0974. The molecule has 0 atom stereocenters. The van der Waals surface area contributed by atoms with Gasteiger partial charge >= 0.3 is 0 Å². The summed E-state index contributed by atoms with van der Waals surface area (Å²) in [5, 5.41) is 1.56. The average molecular weight is 340 g/mol. The fourth-order valence-electron chi connectivity index (χ4n) is 4.06. The first-order valence-corrected chi connectivity index (χ1v) is 8.69. The number of ketones is 2. The van der Waals surface area contributed by atoms with Crippen LogP contribution >= 0.6 is 0 Å². The molecule has 2 aromatic carbocycles. The van der Waals surface area contributed by atoms with Crippen LogP contribution in [0.5, 0.6) is 0 Å². The van der Waals surface area contributed by atoms with Gasteiger partial charge in [0.15, 0.2) is 5.78 Å². The van der Waals surface area contributed by atoms with E-state index in [1.54, 1.807) is 6.20 Å². The van der Waals surface area contributed by atoms with Crippen molar-refractivity contribution in [3.8, 4) is 0 Å².